The van der Waals surface area contributed by atoms with Gasteiger partial charge in [-0.15, -0.1) is 11.3 Å². The van der Waals surface area contributed by atoms with Crippen molar-refractivity contribution in [3.8, 4) is 11.3 Å². The molecule has 1 N–H and O–H groups in total. The van der Waals surface area contributed by atoms with Crippen LogP contribution in [0, 0.1) is 5.82 Å². The molecule has 1 fully saturated rings. The predicted octanol–water partition coefficient (Wildman–Crippen LogP) is 5.51. The fourth-order valence-corrected chi connectivity index (χ4v) is 4.55. The van der Waals surface area contributed by atoms with Gasteiger partial charge in [0.1, 0.15) is 17.3 Å². The van der Waals surface area contributed by atoms with E-state index in [0.29, 0.717) is 11.6 Å². The van der Waals surface area contributed by atoms with Crippen LogP contribution in [0.2, 0.25) is 0 Å². The second-order valence-corrected chi connectivity index (χ2v) is 7.30. The van der Waals surface area contributed by atoms with Gasteiger partial charge in [-0.05, 0) is 31.4 Å². The number of hydrogen-bond donors (Lipinski definition) is 1. The molecular weight excluding hydrogens is 321 g/mol. The van der Waals surface area contributed by atoms with Crippen LogP contribution in [0.4, 0.5) is 10.2 Å². The Labute approximate surface area is 145 Å². The number of fused-ring (bicyclic) bond motifs is 1. The van der Waals surface area contributed by atoms with Crippen molar-refractivity contribution >= 4 is 22.1 Å². The number of aryl methyl sites for hydroxylation is 1. The fourth-order valence-electron chi connectivity index (χ4n) is 3.57. The van der Waals surface area contributed by atoms with Crippen LogP contribution in [0.15, 0.2) is 29.6 Å². The molecule has 24 heavy (non-hydrogen) atoms. The summed E-state index contributed by atoms with van der Waals surface area (Å²) in [5.41, 5.74) is 2.54. The van der Waals surface area contributed by atoms with Crippen LogP contribution in [-0.4, -0.2) is 15.4 Å². The number of benzene rings is 1. The average Bonchev–Trinajstić information content (AvgIpc) is 3.16. The van der Waals surface area contributed by atoms with E-state index in [9.17, 15) is 4.39 Å². The third-order valence-corrected chi connectivity index (χ3v) is 5.75. The van der Waals surface area contributed by atoms with Crippen molar-refractivity contribution in [1.82, 2.24) is 9.38 Å². The summed E-state index contributed by atoms with van der Waals surface area (Å²) in [7, 11) is 0. The summed E-state index contributed by atoms with van der Waals surface area (Å²) in [4.78, 5) is 5.69. The van der Waals surface area contributed by atoms with Gasteiger partial charge in [-0.2, -0.15) is 0 Å². The number of imidazole rings is 1. The maximum absolute atomic E-state index is 14.4. The normalized spacial score (nSPS) is 15.9. The lowest BCUT2D eigenvalue weighted by molar-refractivity contribution is 0.461. The van der Waals surface area contributed by atoms with E-state index in [2.05, 4.69) is 22.0 Å². The molecule has 5 heteroatoms. The van der Waals surface area contributed by atoms with Gasteiger partial charge in [-0.25, -0.2) is 9.37 Å². The molecule has 0 spiro atoms. The second kappa shape index (κ2) is 6.55. The van der Waals surface area contributed by atoms with Crippen LogP contribution in [0.3, 0.4) is 0 Å². The number of anilines is 1. The van der Waals surface area contributed by atoms with E-state index >= 15 is 0 Å². The molecule has 0 unspecified atom stereocenters. The molecule has 0 saturated heterocycles. The minimum atomic E-state index is -0.215. The predicted molar refractivity (Wildman–Crippen MR) is 98.3 cm³/mol. The van der Waals surface area contributed by atoms with E-state index < -0.39 is 0 Å². The first kappa shape index (κ1) is 15.6. The summed E-state index contributed by atoms with van der Waals surface area (Å²) >= 11 is 1.63. The Morgan fingerprint density at radius 2 is 2.04 bits per heavy atom. The third-order valence-electron chi connectivity index (χ3n) is 4.87. The summed E-state index contributed by atoms with van der Waals surface area (Å²) in [6.45, 7) is 2.15. The number of rotatable bonds is 4. The highest BCUT2D eigenvalue weighted by Gasteiger charge is 2.23. The zero-order chi connectivity index (χ0) is 16.5. The Morgan fingerprint density at radius 1 is 1.25 bits per heavy atom. The van der Waals surface area contributed by atoms with Crippen LogP contribution in [0.5, 0.6) is 0 Å². The van der Waals surface area contributed by atoms with Crippen LogP contribution >= 0.6 is 11.3 Å². The molecule has 2 aromatic heterocycles. The highest BCUT2D eigenvalue weighted by Crippen LogP contribution is 2.35. The molecule has 3 aromatic rings. The number of halogens is 1. The first-order valence-electron chi connectivity index (χ1n) is 8.78. The van der Waals surface area contributed by atoms with Crippen molar-refractivity contribution in [2.24, 2.45) is 0 Å². The van der Waals surface area contributed by atoms with Crippen molar-refractivity contribution < 1.29 is 4.39 Å². The van der Waals surface area contributed by atoms with E-state index in [-0.39, 0.29) is 5.82 Å². The fraction of sp³-hybridized carbons (Fsp3) is 0.421. The lowest BCUT2D eigenvalue weighted by Gasteiger charge is -2.24. The number of hydrogen-bond acceptors (Lipinski definition) is 3. The van der Waals surface area contributed by atoms with Crippen LogP contribution < -0.4 is 5.32 Å². The van der Waals surface area contributed by atoms with Gasteiger partial charge in [-0.3, -0.25) is 4.40 Å². The zero-order valence-corrected chi connectivity index (χ0v) is 14.7. The van der Waals surface area contributed by atoms with Crippen LogP contribution in [0.1, 0.15) is 44.7 Å². The zero-order valence-electron chi connectivity index (χ0n) is 13.9. The first-order valence-corrected chi connectivity index (χ1v) is 9.66. The number of aromatic nitrogens is 2. The van der Waals surface area contributed by atoms with Crippen molar-refractivity contribution in [1.29, 1.82) is 0 Å². The molecular formula is C19H22FN3S. The minimum Gasteiger partial charge on any atom is -0.367 e. The van der Waals surface area contributed by atoms with Gasteiger partial charge in [0.25, 0.3) is 0 Å². The molecule has 3 nitrogen and oxygen atoms in total. The lowest BCUT2D eigenvalue weighted by atomic mass is 9.95. The third kappa shape index (κ3) is 2.71. The molecule has 1 aliphatic carbocycles. The highest BCUT2D eigenvalue weighted by molar-refractivity contribution is 7.15. The SMILES string of the molecule is CCc1csc2nc(-c3ccccc3F)c(NC3CCCCC3)n12. The molecule has 1 aromatic carbocycles. The summed E-state index contributed by atoms with van der Waals surface area (Å²) in [6, 6.07) is 7.38. The molecule has 0 atom stereocenters. The molecule has 2 heterocycles. The van der Waals surface area contributed by atoms with Crippen molar-refractivity contribution in [3.63, 3.8) is 0 Å². The number of thiazole rings is 1. The summed E-state index contributed by atoms with van der Waals surface area (Å²) in [5.74, 6) is 0.744. The average molecular weight is 343 g/mol. The Morgan fingerprint density at radius 3 is 2.79 bits per heavy atom. The van der Waals surface area contributed by atoms with E-state index in [1.807, 2.05) is 12.1 Å². The van der Waals surface area contributed by atoms with Gasteiger partial charge in [0.05, 0.1) is 0 Å². The monoisotopic (exact) mass is 343 g/mol. The summed E-state index contributed by atoms with van der Waals surface area (Å²) in [5, 5.41) is 5.85. The summed E-state index contributed by atoms with van der Waals surface area (Å²) in [6.07, 6.45) is 7.13. The smallest absolute Gasteiger partial charge is 0.196 e. The Bertz CT molecular complexity index is 846. The topological polar surface area (TPSA) is 29.3 Å². The quantitative estimate of drug-likeness (QED) is 0.677. The Kier molecular flexibility index (Phi) is 4.27. The Hall–Kier alpha value is -1.88. The molecule has 1 saturated carbocycles. The van der Waals surface area contributed by atoms with E-state index in [0.717, 1.165) is 22.9 Å². The molecule has 4 rings (SSSR count). The molecule has 0 bridgehead atoms. The lowest BCUT2D eigenvalue weighted by Crippen LogP contribution is -2.23. The van der Waals surface area contributed by atoms with Crippen LogP contribution in [-0.2, 0) is 6.42 Å². The highest BCUT2D eigenvalue weighted by atomic mass is 32.1. The largest absolute Gasteiger partial charge is 0.367 e. The van der Waals surface area contributed by atoms with Gasteiger partial charge in [0, 0.05) is 22.7 Å². The first-order chi connectivity index (χ1) is 11.8. The number of nitrogens with one attached hydrogen (secondary N) is 1. The van der Waals surface area contributed by atoms with Gasteiger partial charge < -0.3 is 5.32 Å². The second-order valence-electron chi connectivity index (χ2n) is 6.47. The molecule has 0 amide bonds. The molecule has 0 radical (unpaired) electrons. The maximum atomic E-state index is 14.4. The van der Waals surface area contributed by atoms with E-state index in [1.54, 1.807) is 17.4 Å². The van der Waals surface area contributed by atoms with Crippen molar-refractivity contribution in [2.75, 3.05) is 5.32 Å². The maximum Gasteiger partial charge on any atom is 0.196 e. The van der Waals surface area contributed by atoms with Crippen molar-refractivity contribution in [2.45, 2.75) is 51.5 Å². The molecule has 126 valence electrons. The van der Waals surface area contributed by atoms with Gasteiger partial charge in [0.15, 0.2) is 4.96 Å². The Balaban J connectivity index is 1.84. The summed E-state index contributed by atoms with van der Waals surface area (Å²) < 4.78 is 16.6. The molecule has 0 aliphatic heterocycles. The van der Waals surface area contributed by atoms with Gasteiger partial charge in [0.2, 0.25) is 0 Å². The van der Waals surface area contributed by atoms with Crippen molar-refractivity contribution in [3.05, 3.63) is 41.2 Å². The van der Waals surface area contributed by atoms with Crippen LogP contribution in [0.25, 0.3) is 16.2 Å². The van der Waals surface area contributed by atoms with Gasteiger partial charge >= 0.3 is 0 Å². The van der Waals surface area contributed by atoms with E-state index in [1.165, 1.54) is 43.9 Å². The molecule has 1 aliphatic rings. The minimum absolute atomic E-state index is 0.215. The number of nitrogens with zero attached hydrogens (tertiary/aromatic N) is 2. The van der Waals surface area contributed by atoms with Gasteiger partial charge in [-0.1, -0.05) is 38.3 Å². The standard InChI is InChI=1S/C19H22FN3S/c1-2-14-12-24-19-22-17(15-10-6-7-11-16(15)20)18(23(14)19)21-13-8-4-3-5-9-13/h6-7,10-13,21H,2-5,8-9H2,1H3. The van der Waals surface area contributed by atoms with E-state index in [4.69, 9.17) is 4.98 Å².